The first-order valence-corrected chi connectivity index (χ1v) is 6.54. The summed E-state index contributed by atoms with van der Waals surface area (Å²) in [5.41, 5.74) is 3.37. The number of esters is 1. The van der Waals surface area contributed by atoms with E-state index in [1.807, 2.05) is 6.92 Å². The first-order valence-electron chi connectivity index (χ1n) is 6.54. The normalized spacial score (nSPS) is 17.0. The molecule has 100 valence electrons. The second kappa shape index (κ2) is 9.39. The number of nitrogens with zero attached hydrogens (tertiary/aromatic N) is 1. The van der Waals surface area contributed by atoms with Crippen molar-refractivity contribution in [1.29, 1.82) is 0 Å². The highest BCUT2D eigenvalue weighted by Gasteiger charge is 2.08. The van der Waals surface area contributed by atoms with Crippen molar-refractivity contribution in [3.63, 3.8) is 0 Å². The lowest BCUT2D eigenvalue weighted by molar-refractivity contribution is -0.143. The number of morpholine rings is 1. The molecule has 0 aromatic heterocycles. The van der Waals surface area contributed by atoms with Crippen LogP contribution in [-0.4, -0.2) is 50.4 Å². The number of carbonyl (C=O) groups excluding carboxylic acids is 1. The van der Waals surface area contributed by atoms with E-state index in [0.717, 1.165) is 52.1 Å². The minimum atomic E-state index is -0.0753. The summed E-state index contributed by atoms with van der Waals surface area (Å²) in [6.45, 7) is 6.85. The minimum absolute atomic E-state index is 0.0753. The maximum Gasteiger partial charge on any atom is 0.305 e. The van der Waals surface area contributed by atoms with Crippen molar-refractivity contribution in [3.8, 4) is 0 Å². The van der Waals surface area contributed by atoms with E-state index in [-0.39, 0.29) is 5.97 Å². The fourth-order valence-corrected chi connectivity index (χ4v) is 1.76. The Balaban J connectivity index is 1.85. The third kappa shape index (κ3) is 7.31. The Hall–Kier alpha value is -0.650. The van der Waals surface area contributed by atoms with Crippen LogP contribution in [0, 0.1) is 0 Å². The Kier molecular flexibility index (Phi) is 7.96. The number of carbonyl (C=O) groups is 1. The summed E-state index contributed by atoms with van der Waals surface area (Å²) in [5.74, 6) is -0.0753. The molecule has 0 unspecified atom stereocenters. The summed E-state index contributed by atoms with van der Waals surface area (Å²) in [4.78, 5) is 11.1. The lowest BCUT2D eigenvalue weighted by atomic mass is 10.2. The van der Waals surface area contributed by atoms with Crippen LogP contribution in [0.1, 0.15) is 32.6 Å². The summed E-state index contributed by atoms with van der Waals surface area (Å²) in [5, 5.41) is 2.20. The summed E-state index contributed by atoms with van der Waals surface area (Å²) < 4.78 is 10.1. The van der Waals surface area contributed by atoms with E-state index >= 15 is 0 Å². The van der Waals surface area contributed by atoms with Crippen molar-refractivity contribution in [3.05, 3.63) is 0 Å². The molecule has 1 N–H and O–H groups in total. The van der Waals surface area contributed by atoms with Gasteiger partial charge in [0.2, 0.25) is 0 Å². The van der Waals surface area contributed by atoms with Gasteiger partial charge in [-0.05, 0) is 19.8 Å². The van der Waals surface area contributed by atoms with Gasteiger partial charge >= 0.3 is 5.97 Å². The van der Waals surface area contributed by atoms with E-state index in [1.54, 1.807) is 0 Å². The van der Waals surface area contributed by atoms with Gasteiger partial charge in [-0.25, -0.2) is 5.01 Å². The monoisotopic (exact) mass is 244 g/mol. The molecule has 0 aromatic rings. The van der Waals surface area contributed by atoms with Crippen LogP contribution in [0.2, 0.25) is 0 Å². The molecule has 0 amide bonds. The SMILES string of the molecule is CCOC(=O)CCCCCNN1CCOCC1. The van der Waals surface area contributed by atoms with Gasteiger partial charge in [0.25, 0.3) is 0 Å². The molecule has 0 aliphatic carbocycles. The third-order valence-electron chi connectivity index (χ3n) is 2.71. The summed E-state index contributed by atoms with van der Waals surface area (Å²) >= 11 is 0. The van der Waals surface area contributed by atoms with Crippen LogP contribution in [-0.2, 0) is 14.3 Å². The largest absolute Gasteiger partial charge is 0.466 e. The Labute approximate surface area is 103 Å². The van der Waals surface area contributed by atoms with Gasteiger partial charge < -0.3 is 9.47 Å². The van der Waals surface area contributed by atoms with E-state index < -0.39 is 0 Å². The molecule has 0 saturated carbocycles. The van der Waals surface area contributed by atoms with Crippen LogP contribution in [0.3, 0.4) is 0 Å². The van der Waals surface area contributed by atoms with Crippen LogP contribution >= 0.6 is 0 Å². The highest BCUT2D eigenvalue weighted by atomic mass is 16.5. The number of ether oxygens (including phenoxy) is 2. The Morgan fingerprint density at radius 1 is 1.29 bits per heavy atom. The molecule has 1 aliphatic rings. The topological polar surface area (TPSA) is 50.8 Å². The van der Waals surface area contributed by atoms with Gasteiger partial charge in [0, 0.05) is 26.1 Å². The molecule has 1 heterocycles. The van der Waals surface area contributed by atoms with Crippen molar-refractivity contribution in [2.45, 2.75) is 32.6 Å². The van der Waals surface area contributed by atoms with Crippen LogP contribution < -0.4 is 5.43 Å². The average Bonchev–Trinajstić information content (AvgIpc) is 2.35. The molecule has 0 aromatic carbocycles. The van der Waals surface area contributed by atoms with Crippen LogP contribution in [0.25, 0.3) is 0 Å². The zero-order chi connectivity index (χ0) is 12.3. The smallest absolute Gasteiger partial charge is 0.305 e. The number of hydrazine groups is 1. The highest BCUT2D eigenvalue weighted by Crippen LogP contribution is 2.01. The maximum absolute atomic E-state index is 11.1. The van der Waals surface area contributed by atoms with E-state index in [9.17, 15) is 4.79 Å². The highest BCUT2D eigenvalue weighted by molar-refractivity contribution is 5.69. The van der Waals surface area contributed by atoms with Crippen LogP contribution in [0.4, 0.5) is 0 Å². The fourth-order valence-electron chi connectivity index (χ4n) is 1.76. The Morgan fingerprint density at radius 3 is 2.76 bits per heavy atom. The second-order valence-electron chi connectivity index (χ2n) is 4.12. The predicted octanol–water partition coefficient (Wildman–Crippen LogP) is 0.947. The van der Waals surface area contributed by atoms with Gasteiger partial charge in [-0.2, -0.15) is 0 Å². The molecule has 0 atom stereocenters. The van der Waals surface area contributed by atoms with Crippen LogP contribution in [0.5, 0.6) is 0 Å². The minimum Gasteiger partial charge on any atom is -0.466 e. The van der Waals surface area contributed by atoms with Crippen molar-refractivity contribution < 1.29 is 14.3 Å². The van der Waals surface area contributed by atoms with E-state index in [2.05, 4.69) is 10.4 Å². The molecule has 1 rings (SSSR count). The maximum atomic E-state index is 11.1. The van der Waals surface area contributed by atoms with E-state index in [1.165, 1.54) is 0 Å². The van der Waals surface area contributed by atoms with Gasteiger partial charge in [-0.1, -0.05) is 6.42 Å². The van der Waals surface area contributed by atoms with Gasteiger partial charge in [-0.3, -0.25) is 10.2 Å². The molecule has 5 heteroatoms. The lowest BCUT2D eigenvalue weighted by Gasteiger charge is -2.27. The molecule has 0 radical (unpaired) electrons. The van der Waals surface area contributed by atoms with Gasteiger partial charge in [-0.15, -0.1) is 0 Å². The molecule has 1 fully saturated rings. The molecular formula is C12H24N2O3. The summed E-state index contributed by atoms with van der Waals surface area (Å²) in [7, 11) is 0. The summed E-state index contributed by atoms with van der Waals surface area (Å²) in [6.07, 6.45) is 3.63. The number of unbranched alkanes of at least 4 members (excludes halogenated alkanes) is 2. The van der Waals surface area contributed by atoms with Gasteiger partial charge in [0.1, 0.15) is 0 Å². The van der Waals surface area contributed by atoms with Crippen molar-refractivity contribution >= 4 is 5.97 Å². The summed E-state index contributed by atoms with van der Waals surface area (Å²) in [6, 6.07) is 0. The number of nitrogens with one attached hydrogen (secondary N) is 1. The molecular weight excluding hydrogens is 220 g/mol. The zero-order valence-corrected chi connectivity index (χ0v) is 10.7. The molecule has 5 nitrogen and oxygen atoms in total. The average molecular weight is 244 g/mol. The van der Waals surface area contributed by atoms with Crippen molar-refractivity contribution in [2.24, 2.45) is 0 Å². The quantitative estimate of drug-likeness (QED) is 0.509. The molecule has 0 bridgehead atoms. The number of hydrogen-bond donors (Lipinski definition) is 1. The third-order valence-corrected chi connectivity index (χ3v) is 2.71. The first kappa shape index (κ1) is 14.4. The molecule has 1 aliphatic heterocycles. The lowest BCUT2D eigenvalue weighted by Crippen LogP contribution is -2.45. The first-order chi connectivity index (χ1) is 8.33. The predicted molar refractivity (Wildman–Crippen MR) is 65.5 cm³/mol. The van der Waals surface area contributed by atoms with E-state index in [4.69, 9.17) is 9.47 Å². The Bertz CT molecular complexity index is 206. The van der Waals surface area contributed by atoms with Crippen LogP contribution in [0.15, 0.2) is 0 Å². The molecule has 17 heavy (non-hydrogen) atoms. The molecule has 0 spiro atoms. The number of rotatable bonds is 8. The zero-order valence-electron chi connectivity index (χ0n) is 10.7. The van der Waals surface area contributed by atoms with E-state index in [0.29, 0.717) is 13.0 Å². The molecule has 1 saturated heterocycles. The van der Waals surface area contributed by atoms with Gasteiger partial charge in [0.15, 0.2) is 0 Å². The Morgan fingerprint density at radius 2 is 2.06 bits per heavy atom. The number of hydrogen-bond acceptors (Lipinski definition) is 5. The fraction of sp³-hybridized carbons (Fsp3) is 0.917. The standard InChI is InChI=1S/C12H24N2O3/c1-2-17-12(15)6-4-3-5-7-13-14-8-10-16-11-9-14/h13H,2-11H2,1H3. The van der Waals surface area contributed by atoms with Crippen molar-refractivity contribution in [2.75, 3.05) is 39.5 Å². The second-order valence-corrected chi connectivity index (χ2v) is 4.12. The van der Waals surface area contributed by atoms with Crippen molar-refractivity contribution in [1.82, 2.24) is 10.4 Å². The van der Waals surface area contributed by atoms with Gasteiger partial charge in [0.05, 0.1) is 19.8 Å².